The van der Waals surface area contributed by atoms with Crippen molar-refractivity contribution in [1.29, 1.82) is 0 Å². The van der Waals surface area contributed by atoms with Crippen molar-refractivity contribution in [3.05, 3.63) is 54.2 Å². The Labute approximate surface area is 134 Å². The second kappa shape index (κ2) is 6.04. The highest BCUT2D eigenvalue weighted by Crippen LogP contribution is 2.28. The molecule has 1 amide bonds. The van der Waals surface area contributed by atoms with Crippen molar-refractivity contribution in [2.24, 2.45) is 7.05 Å². The average Bonchev–Trinajstić information content (AvgIpc) is 2.92. The van der Waals surface area contributed by atoms with Crippen LogP contribution in [-0.4, -0.2) is 24.7 Å². The zero-order valence-corrected chi connectivity index (χ0v) is 13.3. The van der Waals surface area contributed by atoms with E-state index < -0.39 is 0 Å². The molecule has 0 unspecified atom stereocenters. The Kier molecular flexibility index (Phi) is 3.93. The minimum Gasteiger partial charge on any atom is -0.497 e. The van der Waals surface area contributed by atoms with Crippen LogP contribution >= 0.6 is 0 Å². The number of amides is 1. The summed E-state index contributed by atoms with van der Waals surface area (Å²) in [7, 11) is 5.08. The summed E-state index contributed by atoms with van der Waals surface area (Å²) < 4.78 is 12.4. The Morgan fingerprint density at radius 2 is 1.83 bits per heavy atom. The minimum absolute atomic E-state index is 0.181. The van der Waals surface area contributed by atoms with Crippen LogP contribution in [-0.2, 0) is 7.05 Å². The molecule has 118 valence electrons. The number of nitrogens with zero attached hydrogens (tertiary/aromatic N) is 1. The highest BCUT2D eigenvalue weighted by Gasteiger charge is 2.15. The van der Waals surface area contributed by atoms with E-state index in [1.54, 1.807) is 20.3 Å². The van der Waals surface area contributed by atoms with Gasteiger partial charge < -0.3 is 19.4 Å². The average molecular weight is 310 g/mol. The molecule has 0 aliphatic rings. The number of rotatable bonds is 4. The lowest BCUT2D eigenvalue weighted by molar-refractivity contribution is 0.102. The molecule has 0 aliphatic carbocycles. The fourth-order valence-electron chi connectivity index (χ4n) is 2.63. The summed E-state index contributed by atoms with van der Waals surface area (Å²) in [6, 6.07) is 14.8. The van der Waals surface area contributed by atoms with Crippen LogP contribution in [0, 0.1) is 0 Å². The van der Waals surface area contributed by atoms with Gasteiger partial charge in [-0.25, -0.2) is 0 Å². The SMILES string of the molecule is COc1cccc(NC(=O)c2cc3c(OC)cccc3n2C)c1. The number of fused-ring (bicyclic) bond motifs is 1. The molecule has 0 bridgehead atoms. The molecule has 3 aromatic rings. The van der Waals surface area contributed by atoms with E-state index in [2.05, 4.69) is 5.32 Å². The predicted molar refractivity (Wildman–Crippen MR) is 90.4 cm³/mol. The van der Waals surface area contributed by atoms with Gasteiger partial charge >= 0.3 is 0 Å². The van der Waals surface area contributed by atoms with E-state index in [1.165, 1.54) is 0 Å². The largest absolute Gasteiger partial charge is 0.497 e. The Morgan fingerprint density at radius 1 is 1.04 bits per heavy atom. The van der Waals surface area contributed by atoms with Crippen molar-refractivity contribution in [2.75, 3.05) is 19.5 Å². The van der Waals surface area contributed by atoms with E-state index in [0.29, 0.717) is 17.1 Å². The molecule has 1 N–H and O–H groups in total. The molecule has 0 fully saturated rings. The molecular weight excluding hydrogens is 292 g/mol. The van der Waals surface area contributed by atoms with Crippen LogP contribution in [0.5, 0.6) is 11.5 Å². The molecule has 0 spiro atoms. The first-order valence-electron chi connectivity index (χ1n) is 7.22. The molecule has 23 heavy (non-hydrogen) atoms. The number of ether oxygens (including phenoxy) is 2. The number of carbonyl (C=O) groups is 1. The molecule has 0 atom stereocenters. The van der Waals surface area contributed by atoms with E-state index in [4.69, 9.17) is 9.47 Å². The number of aryl methyl sites for hydroxylation is 1. The third kappa shape index (κ3) is 2.73. The van der Waals surface area contributed by atoms with Crippen molar-refractivity contribution in [1.82, 2.24) is 4.57 Å². The van der Waals surface area contributed by atoms with E-state index in [1.807, 2.05) is 54.1 Å². The zero-order valence-electron chi connectivity index (χ0n) is 13.3. The number of carbonyl (C=O) groups excluding carboxylic acids is 1. The van der Waals surface area contributed by atoms with E-state index in [0.717, 1.165) is 16.7 Å². The molecule has 3 rings (SSSR count). The van der Waals surface area contributed by atoms with E-state index >= 15 is 0 Å². The van der Waals surface area contributed by atoms with Gasteiger partial charge in [0, 0.05) is 24.2 Å². The fraction of sp³-hybridized carbons (Fsp3) is 0.167. The second-order valence-corrected chi connectivity index (χ2v) is 5.17. The lowest BCUT2D eigenvalue weighted by Gasteiger charge is -2.08. The standard InChI is InChI=1S/C18H18N2O3/c1-20-15-8-5-9-17(23-3)14(15)11-16(20)18(21)19-12-6-4-7-13(10-12)22-2/h4-11H,1-3H3,(H,19,21). The molecule has 2 aromatic carbocycles. The molecule has 0 saturated heterocycles. The Bertz CT molecular complexity index is 868. The van der Waals surface area contributed by atoms with Crippen LogP contribution in [0.15, 0.2) is 48.5 Å². The second-order valence-electron chi connectivity index (χ2n) is 5.17. The van der Waals surface area contributed by atoms with Crippen LogP contribution in [0.2, 0.25) is 0 Å². The van der Waals surface area contributed by atoms with Crippen molar-refractivity contribution >= 4 is 22.5 Å². The predicted octanol–water partition coefficient (Wildman–Crippen LogP) is 3.45. The summed E-state index contributed by atoms with van der Waals surface area (Å²) >= 11 is 0. The number of nitrogens with one attached hydrogen (secondary N) is 1. The van der Waals surface area contributed by atoms with Gasteiger partial charge in [0.25, 0.3) is 5.91 Å². The summed E-state index contributed by atoms with van der Waals surface area (Å²) in [4.78, 5) is 12.6. The summed E-state index contributed by atoms with van der Waals surface area (Å²) in [5.41, 5.74) is 2.19. The molecule has 0 saturated carbocycles. The van der Waals surface area contributed by atoms with Gasteiger partial charge in [0.1, 0.15) is 17.2 Å². The monoisotopic (exact) mass is 310 g/mol. The maximum Gasteiger partial charge on any atom is 0.272 e. The molecule has 5 nitrogen and oxygen atoms in total. The topological polar surface area (TPSA) is 52.5 Å². The van der Waals surface area contributed by atoms with Gasteiger partial charge in [0.2, 0.25) is 0 Å². The molecule has 0 aliphatic heterocycles. The molecule has 5 heteroatoms. The Balaban J connectivity index is 1.96. The summed E-state index contributed by atoms with van der Waals surface area (Å²) in [6.45, 7) is 0. The number of hydrogen-bond acceptors (Lipinski definition) is 3. The third-order valence-corrected chi connectivity index (χ3v) is 3.83. The number of anilines is 1. The third-order valence-electron chi connectivity index (χ3n) is 3.83. The lowest BCUT2D eigenvalue weighted by Crippen LogP contribution is -2.15. The summed E-state index contributed by atoms with van der Waals surface area (Å²) in [6.07, 6.45) is 0. The van der Waals surface area contributed by atoms with Crippen LogP contribution in [0.25, 0.3) is 10.9 Å². The smallest absolute Gasteiger partial charge is 0.272 e. The Morgan fingerprint density at radius 3 is 2.57 bits per heavy atom. The highest BCUT2D eigenvalue weighted by atomic mass is 16.5. The van der Waals surface area contributed by atoms with Crippen LogP contribution in [0.3, 0.4) is 0 Å². The molecule has 0 radical (unpaired) electrons. The van der Waals surface area contributed by atoms with Crippen LogP contribution < -0.4 is 14.8 Å². The van der Waals surface area contributed by atoms with Crippen molar-refractivity contribution < 1.29 is 14.3 Å². The number of hydrogen-bond donors (Lipinski definition) is 1. The maximum atomic E-state index is 12.6. The molecular formula is C18H18N2O3. The van der Waals surface area contributed by atoms with Crippen molar-refractivity contribution in [3.8, 4) is 11.5 Å². The first-order chi connectivity index (χ1) is 11.1. The number of methoxy groups -OCH3 is 2. The van der Waals surface area contributed by atoms with Crippen LogP contribution in [0.1, 0.15) is 10.5 Å². The first kappa shape index (κ1) is 15.0. The first-order valence-corrected chi connectivity index (χ1v) is 7.22. The van der Waals surface area contributed by atoms with Gasteiger partial charge in [-0.1, -0.05) is 12.1 Å². The molecule has 1 heterocycles. The zero-order chi connectivity index (χ0) is 16.4. The molecule has 1 aromatic heterocycles. The van der Waals surface area contributed by atoms with Crippen molar-refractivity contribution in [3.63, 3.8) is 0 Å². The Hall–Kier alpha value is -2.95. The minimum atomic E-state index is -0.181. The van der Waals surface area contributed by atoms with Crippen LogP contribution in [0.4, 0.5) is 5.69 Å². The van der Waals surface area contributed by atoms with E-state index in [9.17, 15) is 4.79 Å². The van der Waals surface area contributed by atoms with Gasteiger partial charge in [-0.15, -0.1) is 0 Å². The van der Waals surface area contributed by atoms with Gasteiger partial charge in [-0.05, 0) is 30.3 Å². The van der Waals surface area contributed by atoms with Gasteiger partial charge in [-0.3, -0.25) is 4.79 Å². The summed E-state index contributed by atoms with van der Waals surface area (Å²) in [5, 5.41) is 3.80. The number of benzene rings is 2. The van der Waals surface area contributed by atoms with Gasteiger partial charge in [0.05, 0.1) is 19.7 Å². The lowest BCUT2D eigenvalue weighted by atomic mass is 10.2. The quantitative estimate of drug-likeness (QED) is 0.803. The normalized spacial score (nSPS) is 10.6. The summed E-state index contributed by atoms with van der Waals surface area (Å²) in [5.74, 6) is 1.26. The maximum absolute atomic E-state index is 12.6. The van der Waals surface area contributed by atoms with Gasteiger partial charge in [0.15, 0.2) is 0 Å². The van der Waals surface area contributed by atoms with E-state index in [-0.39, 0.29) is 5.91 Å². The fourth-order valence-corrected chi connectivity index (χ4v) is 2.63. The van der Waals surface area contributed by atoms with Crippen molar-refractivity contribution in [2.45, 2.75) is 0 Å². The highest BCUT2D eigenvalue weighted by molar-refractivity contribution is 6.07. The van der Waals surface area contributed by atoms with Gasteiger partial charge in [-0.2, -0.15) is 0 Å². The number of aromatic nitrogens is 1.